The van der Waals surface area contributed by atoms with Gasteiger partial charge in [0.15, 0.2) is 0 Å². The first-order valence-electron chi connectivity index (χ1n) is 9.36. The summed E-state index contributed by atoms with van der Waals surface area (Å²) in [7, 11) is 1.58. The molecule has 0 N–H and O–H groups in total. The van der Waals surface area contributed by atoms with E-state index < -0.39 is 12.1 Å². The highest BCUT2D eigenvalue weighted by Crippen LogP contribution is 2.31. The van der Waals surface area contributed by atoms with Crippen LogP contribution in [0.15, 0.2) is 47.1 Å². The number of alkyl halides is 3. The molecule has 0 radical (unpaired) electrons. The van der Waals surface area contributed by atoms with E-state index in [1.165, 1.54) is 12.3 Å². The molecule has 3 aromatic rings. The first kappa shape index (κ1) is 20.8. The summed E-state index contributed by atoms with van der Waals surface area (Å²) in [5, 5.41) is 3.35. The highest BCUT2D eigenvalue weighted by Gasteiger charge is 2.38. The lowest BCUT2D eigenvalue weighted by Crippen LogP contribution is -2.47. The minimum absolute atomic E-state index is 0.172. The van der Waals surface area contributed by atoms with Crippen LogP contribution in [-0.2, 0) is 24.0 Å². The molecule has 0 unspecified atom stereocenters. The van der Waals surface area contributed by atoms with Crippen molar-refractivity contribution in [3.05, 3.63) is 59.7 Å². The van der Waals surface area contributed by atoms with Crippen LogP contribution < -0.4 is 4.90 Å². The van der Waals surface area contributed by atoms with E-state index in [-0.39, 0.29) is 24.0 Å². The number of amides is 2. The molecule has 0 saturated heterocycles. The Hall–Kier alpha value is -3.47. The molecule has 2 amide bonds. The summed E-state index contributed by atoms with van der Waals surface area (Å²) in [4.78, 5) is 24.0. The van der Waals surface area contributed by atoms with Gasteiger partial charge in [-0.25, -0.2) is 4.79 Å². The molecule has 8 nitrogen and oxygen atoms in total. The molecule has 0 atom stereocenters. The lowest BCUT2D eigenvalue weighted by Gasteiger charge is -2.36. The molecule has 1 aromatic carbocycles. The Balaban J connectivity index is 1.55. The van der Waals surface area contributed by atoms with Crippen LogP contribution in [0.3, 0.4) is 0 Å². The van der Waals surface area contributed by atoms with Gasteiger partial charge in [-0.05, 0) is 23.8 Å². The highest BCUT2D eigenvalue weighted by molar-refractivity contribution is 5.94. The zero-order chi connectivity index (χ0) is 22.0. The number of methoxy groups -OCH3 is 1. The molecule has 0 aliphatic carbocycles. The Kier molecular flexibility index (Phi) is 5.59. The van der Waals surface area contributed by atoms with Gasteiger partial charge in [-0.1, -0.05) is 23.4 Å². The van der Waals surface area contributed by atoms with Gasteiger partial charge in [0.2, 0.25) is 5.82 Å². The van der Waals surface area contributed by atoms with Gasteiger partial charge in [0.05, 0.1) is 24.5 Å². The average Bonchev–Trinajstić information content (AvgIpc) is 3.26. The predicted molar refractivity (Wildman–Crippen MR) is 103 cm³/mol. The number of ether oxygens (including phenoxy) is 1. The first-order chi connectivity index (χ1) is 14.9. The van der Waals surface area contributed by atoms with E-state index in [0.717, 1.165) is 11.3 Å². The van der Waals surface area contributed by atoms with E-state index in [9.17, 15) is 18.0 Å². The Labute approximate surface area is 175 Å². The topological polar surface area (TPSA) is 84.6 Å². The molecule has 4 rings (SSSR count). The molecule has 1 aliphatic rings. The third kappa shape index (κ3) is 4.36. The molecule has 31 heavy (non-hydrogen) atoms. The van der Waals surface area contributed by atoms with Gasteiger partial charge in [0, 0.05) is 32.0 Å². The fourth-order valence-electron chi connectivity index (χ4n) is 3.25. The van der Waals surface area contributed by atoms with Crippen molar-refractivity contribution >= 4 is 11.7 Å². The number of anilines is 1. The van der Waals surface area contributed by atoms with E-state index in [2.05, 4.69) is 19.6 Å². The second-order valence-electron chi connectivity index (χ2n) is 6.87. The van der Waals surface area contributed by atoms with Crippen LogP contribution in [0.5, 0.6) is 0 Å². The zero-order valence-corrected chi connectivity index (χ0v) is 16.5. The molecule has 0 bridgehead atoms. The lowest BCUT2D eigenvalue weighted by atomic mass is 10.1. The number of hydrogen-bond acceptors (Lipinski definition) is 6. The minimum Gasteiger partial charge on any atom is -0.383 e. The van der Waals surface area contributed by atoms with Crippen LogP contribution in [0.1, 0.15) is 17.1 Å². The van der Waals surface area contributed by atoms with Crippen molar-refractivity contribution < 1.29 is 27.2 Å². The van der Waals surface area contributed by atoms with E-state index in [1.807, 2.05) is 24.3 Å². The van der Waals surface area contributed by atoms with Crippen LogP contribution in [0, 0.1) is 0 Å². The number of halogens is 3. The Morgan fingerprint density at radius 3 is 2.68 bits per heavy atom. The number of pyridine rings is 1. The summed E-state index contributed by atoms with van der Waals surface area (Å²) in [6, 6.07) is 10.6. The fraction of sp³-hybridized carbons (Fsp3) is 0.300. The van der Waals surface area contributed by atoms with Gasteiger partial charge in [-0.15, -0.1) is 0 Å². The van der Waals surface area contributed by atoms with E-state index in [1.54, 1.807) is 23.0 Å². The summed E-state index contributed by atoms with van der Waals surface area (Å²) < 4.78 is 47.3. The Bertz CT molecular complexity index is 1070. The molecule has 162 valence electrons. The van der Waals surface area contributed by atoms with Gasteiger partial charge in [0.25, 0.3) is 0 Å². The number of hydrogen-bond donors (Lipinski definition) is 0. The molecular formula is C20H18F3N5O3. The summed E-state index contributed by atoms with van der Waals surface area (Å²) in [5.74, 6) is -1.63. The number of aromatic nitrogens is 3. The van der Waals surface area contributed by atoms with Crippen molar-refractivity contribution in [1.82, 2.24) is 20.0 Å². The largest absolute Gasteiger partial charge is 0.471 e. The Morgan fingerprint density at radius 2 is 2.00 bits per heavy atom. The summed E-state index contributed by atoms with van der Waals surface area (Å²) in [6.07, 6.45) is -3.36. The van der Waals surface area contributed by atoms with E-state index in [4.69, 9.17) is 4.74 Å². The van der Waals surface area contributed by atoms with Crippen molar-refractivity contribution in [2.75, 3.05) is 25.2 Å². The van der Waals surface area contributed by atoms with Gasteiger partial charge in [-0.2, -0.15) is 18.2 Å². The van der Waals surface area contributed by atoms with Crippen molar-refractivity contribution in [3.63, 3.8) is 0 Å². The van der Waals surface area contributed by atoms with Crippen LogP contribution in [0.2, 0.25) is 0 Å². The number of para-hydroxylation sites is 1. The Morgan fingerprint density at radius 1 is 1.19 bits per heavy atom. The van der Waals surface area contributed by atoms with Crippen LogP contribution in [-0.4, -0.2) is 46.3 Å². The molecule has 2 aromatic heterocycles. The van der Waals surface area contributed by atoms with Crippen molar-refractivity contribution in [2.45, 2.75) is 19.3 Å². The maximum Gasteiger partial charge on any atom is 0.471 e. The molecule has 1 aliphatic heterocycles. The van der Waals surface area contributed by atoms with Crippen LogP contribution >= 0.6 is 0 Å². The monoisotopic (exact) mass is 433 g/mol. The van der Waals surface area contributed by atoms with Crippen LogP contribution in [0.4, 0.5) is 23.7 Å². The second kappa shape index (κ2) is 8.34. The normalized spacial score (nSPS) is 14.1. The van der Waals surface area contributed by atoms with Gasteiger partial charge >= 0.3 is 18.1 Å². The first-order valence-corrected chi connectivity index (χ1v) is 9.36. The maximum absolute atomic E-state index is 13.0. The van der Waals surface area contributed by atoms with Gasteiger partial charge in [0.1, 0.15) is 0 Å². The fourth-order valence-corrected chi connectivity index (χ4v) is 3.25. The number of urea groups is 1. The lowest BCUT2D eigenvalue weighted by molar-refractivity contribution is -0.159. The smallest absolute Gasteiger partial charge is 0.383 e. The number of benzene rings is 1. The number of nitrogens with zero attached hydrogens (tertiary/aromatic N) is 5. The van der Waals surface area contributed by atoms with Gasteiger partial charge in [-0.3, -0.25) is 9.88 Å². The standard InChI is InChI=1S/C20H18F3N5O3/c1-30-9-8-27-11-14-4-2-3-5-16(14)28(19(27)29)12-15-7-6-13(10-24-15)17-25-18(31-26-17)20(21,22)23/h2-7,10H,8-9,11-12H2,1H3. The maximum atomic E-state index is 13.0. The number of carbonyl (C=O) groups excluding carboxylic acids is 1. The summed E-state index contributed by atoms with van der Waals surface area (Å²) in [6.45, 7) is 1.55. The highest BCUT2D eigenvalue weighted by atomic mass is 19.4. The third-order valence-corrected chi connectivity index (χ3v) is 4.78. The van der Waals surface area contributed by atoms with Crippen molar-refractivity contribution in [3.8, 4) is 11.4 Å². The average molecular weight is 433 g/mol. The van der Waals surface area contributed by atoms with Crippen LogP contribution in [0.25, 0.3) is 11.4 Å². The number of rotatable bonds is 6. The zero-order valence-electron chi connectivity index (χ0n) is 16.5. The second-order valence-corrected chi connectivity index (χ2v) is 6.87. The molecule has 0 fully saturated rings. The third-order valence-electron chi connectivity index (χ3n) is 4.78. The summed E-state index contributed by atoms with van der Waals surface area (Å²) in [5.41, 5.74) is 2.62. The molecule has 0 saturated carbocycles. The van der Waals surface area contributed by atoms with E-state index >= 15 is 0 Å². The molecule has 11 heteroatoms. The minimum atomic E-state index is -4.71. The summed E-state index contributed by atoms with van der Waals surface area (Å²) >= 11 is 0. The number of carbonyl (C=O) groups is 1. The molecular weight excluding hydrogens is 415 g/mol. The SMILES string of the molecule is COCCN1Cc2ccccc2N(Cc2ccc(-c3noc(C(F)(F)F)n3)cn2)C1=O. The van der Waals surface area contributed by atoms with E-state index in [0.29, 0.717) is 25.4 Å². The van der Waals surface area contributed by atoms with Crippen molar-refractivity contribution in [2.24, 2.45) is 0 Å². The molecule has 3 heterocycles. The van der Waals surface area contributed by atoms with Crippen molar-refractivity contribution in [1.29, 1.82) is 0 Å². The number of fused-ring (bicyclic) bond motifs is 1. The quantitative estimate of drug-likeness (QED) is 0.589. The predicted octanol–water partition coefficient (Wildman–Crippen LogP) is 3.74. The van der Waals surface area contributed by atoms with Gasteiger partial charge < -0.3 is 14.2 Å². The molecule has 0 spiro atoms.